The lowest BCUT2D eigenvalue weighted by Gasteiger charge is -2.17. The fraction of sp³-hybridized carbons (Fsp3) is 0.975. The van der Waals surface area contributed by atoms with Crippen LogP contribution in [0.5, 0.6) is 0 Å². The standard InChI is InChI=1S/C22H44O2.C18H38O13/c1-2-3-4-5-6-7-8-9-10-11-12-13-14-15-16-17-18-19-20-21-22(23)24;19-1-13(21)3-27-5-15(23)7-29-9-17(25)11-31-12-18(26)10-30-8-16(24)6-28-4-14(22)2-20/h2-21H2,1H3,(H,23,24);13-26H,1-12H2. The molecule has 6 atom stereocenters. The zero-order chi connectivity index (χ0) is 41.2. The van der Waals surface area contributed by atoms with Crippen molar-refractivity contribution in [1.82, 2.24) is 0 Å². The number of aliphatic hydroxyl groups excluding tert-OH is 8. The molecule has 0 aliphatic heterocycles. The van der Waals surface area contributed by atoms with Gasteiger partial charge >= 0.3 is 5.97 Å². The minimum absolute atomic E-state index is 0.0959. The Morgan fingerprint density at radius 1 is 0.364 bits per heavy atom. The van der Waals surface area contributed by atoms with Crippen molar-refractivity contribution in [3.63, 3.8) is 0 Å². The van der Waals surface area contributed by atoms with Gasteiger partial charge in [-0.3, -0.25) is 4.79 Å². The molecular formula is C40H82O15. The number of hydrogen-bond donors (Lipinski definition) is 9. The van der Waals surface area contributed by atoms with Crippen molar-refractivity contribution >= 4 is 5.97 Å². The lowest BCUT2D eigenvalue weighted by Crippen LogP contribution is -2.31. The summed E-state index contributed by atoms with van der Waals surface area (Å²) >= 11 is 0. The second-order valence-electron chi connectivity index (χ2n) is 14.5. The molecule has 0 amide bonds. The number of carboxylic acid groups (broad SMARTS) is 1. The number of unbranched alkanes of at least 4 members (excludes halogenated alkanes) is 18. The van der Waals surface area contributed by atoms with E-state index in [2.05, 4.69) is 6.92 Å². The van der Waals surface area contributed by atoms with Crippen LogP contribution in [0.15, 0.2) is 0 Å². The molecule has 0 rings (SSSR count). The first-order valence-electron chi connectivity index (χ1n) is 21.0. The van der Waals surface area contributed by atoms with Crippen molar-refractivity contribution in [2.75, 3.05) is 79.3 Å². The van der Waals surface area contributed by atoms with Crippen LogP contribution < -0.4 is 0 Å². The molecule has 332 valence electrons. The molecule has 6 unspecified atom stereocenters. The zero-order valence-electron chi connectivity index (χ0n) is 34.1. The number of hydrogen-bond acceptors (Lipinski definition) is 14. The molecule has 0 fully saturated rings. The third-order valence-electron chi connectivity index (χ3n) is 8.52. The summed E-state index contributed by atoms with van der Waals surface area (Å²) in [6, 6.07) is 0. The Morgan fingerprint density at radius 3 is 0.764 bits per heavy atom. The minimum Gasteiger partial charge on any atom is -0.481 e. The summed E-state index contributed by atoms with van der Waals surface area (Å²) in [5.74, 6) is -0.651. The van der Waals surface area contributed by atoms with E-state index in [0.29, 0.717) is 6.42 Å². The van der Waals surface area contributed by atoms with E-state index < -0.39 is 55.8 Å². The number of aliphatic hydroxyl groups is 8. The first-order chi connectivity index (χ1) is 26.5. The van der Waals surface area contributed by atoms with Crippen LogP contribution in [-0.2, 0) is 28.5 Å². The smallest absolute Gasteiger partial charge is 0.303 e. The van der Waals surface area contributed by atoms with Gasteiger partial charge in [-0.2, -0.15) is 0 Å². The molecule has 0 spiro atoms. The highest BCUT2D eigenvalue weighted by Gasteiger charge is 2.13. The molecule has 0 heterocycles. The molecule has 0 aromatic carbocycles. The van der Waals surface area contributed by atoms with Gasteiger partial charge in [-0.15, -0.1) is 0 Å². The van der Waals surface area contributed by atoms with Gasteiger partial charge in [0.25, 0.3) is 0 Å². The molecule has 0 radical (unpaired) electrons. The largest absolute Gasteiger partial charge is 0.481 e. The fourth-order valence-corrected chi connectivity index (χ4v) is 5.35. The highest BCUT2D eigenvalue weighted by Crippen LogP contribution is 2.15. The van der Waals surface area contributed by atoms with Crippen molar-refractivity contribution in [3.8, 4) is 0 Å². The molecule has 0 aliphatic rings. The highest BCUT2D eigenvalue weighted by molar-refractivity contribution is 5.66. The number of ether oxygens (including phenoxy) is 5. The summed E-state index contributed by atoms with van der Waals surface area (Å²) in [5.41, 5.74) is 0. The predicted molar refractivity (Wildman–Crippen MR) is 210 cm³/mol. The van der Waals surface area contributed by atoms with Crippen molar-refractivity contribution in [2.24, 2.45) is 0 Å². The summed E-state index contributed by atoms with van der Waals surface area (Å²) in [6.45, 7) is 0.333. The molecule has 15 nitrogen and oxygen atoms in total. The maximum absolute atomic E-state index is 10.4. The third kappa shape index (κ3) is 47.2. The SMILES string of the molecule is CCCCCCCCCCCCCCCCCCCCCC(=O)O.OCC(O)COCC(O)COCC(O)COCC(O)COCC(O)COCC(O)CO. The van der Waals surface area contributed by atoms with Crippen LogP contribution in [0.4, 0.5) is 0 Å². The summed E-state index contributed by atoms with van der Waals surface area (Å²) in [5, 5.41) is 82.6. The van der Waals surface area contributed by atoms with Gasteiger partial charge in [-0.05, 0) is 6.42 Å². The van der Waals surface area contributed by atoms with Crippen LogP contribution in [0.25, 0.3) is 0 Å². The first kappa shape index (κ1) is 56.0. The Morgan fingerprint density at radius 2 is 0.564 bits per heavy atom. The molecule has 9 N–H and O–H groups in total. The predicted octanol–water partition coefficient (Wildman–Crippen LogP) is 3.11. The van der Waals surface area contributed by atoms with Crippen LogP contribution in [0.3, 0.4) is 0 Å². The van der Waals surface area contributed by atoms with Crippen LogP contribution in [0.1, 0.15) is 135 Å². The van der Waals surface area contributed by atoms with Crippen LogP contribution >= 0.6 is 0 Å². The van der Waals surface area contributed by atoms with Crippen LogP contribution in [0, 0.1) is 0 Å². The van der Waals surface area contributed by atoms with Crippen molar-refractivity contribution in [3.05, 3.63) is 0 Å². The second kappa shape index (κ2) is 44.1. The Bertz CT molecular complexity index is 732. The molecule has 0 aliphatic carbocycles. The average molecular weight is 803 g/mol. The third-order valence-corrected chi connectivity index (χ3v) is 8.52. The minimum atomic E-state index is -1.01. The molecule has 0 bridgehead atoms. The van der Waals surface area contributed by atoms with Crippen molar-refractivity contribution in [2.45, 2.75) is 172 Å². The molecule has 0 saturated carbocycles. The Kier molecular flexibility index (Phi) is 44.9. The van der Waals surface area contributed by atoms with Gasteiger partial charge in [0.15, 0.2) is 0 Å². The van der Waals surface area contributed by atoms with Gasteiger partial charge < -0.3 is 69.6 Å². The lowest BCUT2D eigenvalue weighted by molar-refractivity contribution is -0.137. The summed E-state index contributed by atoms with van der Waals surface area (Å²) in [6.07, 6.45) is 20.2. The van der Waals surface area contributed by atoms with Crippen molar-refractivity contribution in [1.29, 1.82) is 0 Å². The molecule has 0 aromatic rings. The molecule has 0 saturated heterocycles. The fourth-order valence-electron chi connectivity index (χ4n) is 5.35. The van der Waals surface area contributed by atoms with Crippen LogP contribution in [-0.4, -0.2) is 168 Å². The van der Waals surface area contributed by atoms with Gasteiger partial charge in [-0.25, -0.2) is 0 Å². The summed E-state index contributed by atoms with van der Waals surface area (Å²) < 4.78 is 25.3. The van der Waals surface area contributed by atoms with Crippen LogP contribution in [0.2, 0.25) is 0 Å². The molecule has 55 heavy (non-hydrogen) atoms. The van der Waals surface area contributed by atoms with Gasteiger partial charge in [0, 0.05) is 6.42 Å². The zero-order valence-corrected chi connectivity index (χ0v) is 34.1. The quantitative estimate of drug-likeness (QED) is 0.0403. The summed E-state index contributed by atoms with van der Waals surface area (Å²) in [4.78, 5) is 10.4. The van der Waals surface area contributed by atoms with Gasteiger partial charge in [0.05, 0.1) is 79.3 Å². The Hall–Kier alpha value is -1.05. The van der Waals surface area contributed by atoms with E-state index in [-0.39, 0.29) is 66.1 Å². The molecular weight excluding hydrogens is 720 g/mol. The highest BCUT2D eigenvalue weighted by atomic mass is 16.5. The van der Waals surface area contributed by atoms with E-state index in [4.69, 9.17) is 49.2 Å². The van der Waals surface area contributed by atoms with Gasteiger partial charge in [-0.1, -0.05) is 122 Å². The molecule has 0 aromatic heterocycles. The summed E-state index contributed by atoms with van der Waals surface area (Å²) in [7, 11) is 0. The molecule has 15 heteroatoms. The number of aliphatic carboxylic acids is 1. The van der Waals surface area contributed by atoms with E-state index in [0.717, 1.165) is 12.8 Å². The number of carboxylic acids is 1. The number of carbonyl (C=O) groups is 1. The topological polar surface area (TPSA) is 245 Å². The van der Waals surface area contributed by atoms with E-state index in [1.807, 2.05) is 0 Å². The lowest BCUT2D eigenvalue weighted by atomic mass is 10.0. The Labute approximate surface area is 331 Å². The maximum Gasteiger partial charge on any atom is 0.303 e. The van der Waals surface area contributed by atoms with Gasteiger partial charge in [0.1, 0.15) is 36.6 Å². The average Bonchev–Trinajstić information content (AvgIpc) is 3.15. The second-order valence-corrected chi connectivity index (χ2v) is 14.5. The normalized spacial score (nSPS) is 14.9. The van der Waals surface area contributed by atoms with E-state index in [9.17, 15) is 25.2 Å². The van der Waals surface area contributed by atoms with Crippen molar-refractivity contribution < 1.29 is 74.4 Å². The van der Waals surface area contributed by atoms with E-state index in [1.165, 1.54) is 109 Å². The Balaban J connectivity index is 0. The van der Waals surface area contributed by atoms with E-state index >= 15 is 0 Å². The first-order valence-corrected chi connectivity index (χ1v) is 21.0. The maximum atomic E-state index is 10.4. The number of rotatable bonds is 42. The van der Waals surface area contributed by atoms with Gasteiger partial charge in [0.2, 0.25) is 0 Å². The monoisotopic (exact) mass is 803 g/mol. The van der Waals surface area contributed by atoms with E-state index in [1.54, 1.807) is 0 Å².